The molecule has 1 aliphatic heterocycles. The van der Waals surface area contributed by atoms with Gasteiger partial charge in [0.15, 0.2) is 5.11 Å². The van der Waals surface area contributed by atoms with Crippen molar-refractivity contribution in [2.75, 3.05) is 9.80 Å². The molecule has 0 radical (unpaired) electrons. The van der Waals surface area contributed by atoms with Crippen LogP contribution in [0.15, 0.2) is 36.5 Å². The van der Waals surface area contributed by atoms with Gasteiger partial charge in [-0.25, -0.2) is 4.39 Å². The predicted octanol–water partition coefficient (Wildman–Crippen LogP) is 4.00. The van der Waals surface area contributed by atoms with Crippen molar-refractivity contribution in [3.05, 3.63) is 59.3 Å². The molecule has 0 aliphatic carbocycles. The van der Waals surface area contributed by atoms with E-state index in [9.17, 15) is 9.18 Å². The molecule has 2 heterocycles. The van der Waals surface area contributed by atoms with E-state index in [0.29, 0.717) is 10.5 Å². The van der Waals surface area contributed by atoms with Crippen molar-refractivity contribution in [1.82, 2.24) is 4.98 Å². The average Bonchev–Trinajstić information content (AvgIpc) is 2.89. The number of nitrogens with zero attached hydrogens (tertiary/aromatic N) is 4. The lowest BCUT2D eigenvalue weighted by Crippen LogP contribution is -2.44. The second-order valence-electron chi connectivity index (χ2n) is 5.39. The Balaban J connectivity index is 2.35. The van der Waals surface area contributed by atoms with E-state index in [4.69, 9.17) is 27.0 Å². The fourth-order valence-corrected chi connectivity index (χ4v) is 2.96. The standard InChI is InChI=1S/C18H15FN4OS/c1-11-8-14(10-21-15(11)20-4)22-16(24)18(2,3)23(17(22)25)13-7-5-6-12(19)9-13/h5-10H,1-3H3/i2D3,3D3. The molecular formula is C18H15FN4OS. The van der Waals surface area contributed by atoms with Gasteiger partial charge < -0.3 is 9.74 Å². The molecule has 0 N–H and O–H groups in total. The summed E-state index contributed by atoms with van der Waals surface area (Å²) < 4.78 is 62.1. The Bertz CT molecular complexity index is 1110. The molecule has 1 saturated heterocycles. The second kappa shape index (κ2) is 5.90. The maximum Gasteiger partial charge on any atom is 0.272 e. The first-order chi connectivity index (χ1) is 14.3. The minimum absolute atomic E-state index is 0.00308. The molecule has 0 unspecified atom stereocenters. The van der Waals surface area contributed by atoms with E-state index in [2.05, 4.69) is 9.83 Å². The van der Waals surface area contributed by atoms with E-state index in [-0.39, 0.29) is 17.2 Å². The molecule has 126 valence electrons. The van der Waals surface area contributed by atoms with Gasteiger partial charge in [-0.1, -0.05) is 12.6 Å². The van der Waals surface area contributed by atoms with Gasteiger partial charge in [-0.05, 0) is 62.7 Å². The topological polar surface area (TPSA) is 40.8 Å². The number of thiocarbonyl (C=S) groups is 1. The first kappa shape index (κ1) is 10.9. The van der Waals surface area contributed by atoms with Gasteiger partial charge in [-0.2, -0.15) is 0 Å². The highest BCUT2D eigenvalue weighted by Gasteiger charge is 2.50. The van der Waals surface area contributed by atoms with Crippen LogP contribution in [0.4, 0.5) is 21.6 Å². The quantitative estimate of drug-likeness (QED) is 0.600. The van der Waals surface area contributed by atoms with Crippen molar-refractivity contribution < 1.29 is 17.4 Å². The number of rotatable bonds is 2. The van der Waals surface area contributed by atoms with E-state index < -0.39 is 36.1 Å². The Labute approximate surface area is 158 Å². The smallest absolute Gasteiger partial charge is 0.272 e. The van der Waals surface area contributed by atoms with Crippen LogP contribution < -0.4 is 9.80 Å². The molecule has 1 aromatic heterocycles. The van der Waals surface area contributed by atoms with Crippen LogP contribution in [0.25, 0.3) is 4.85 Å². The van der Waals surface area contributed by atoms with E-state index in [1.165, 1.54) is 18.2 Å². The number of aryl methyl sites for hydroxylation is 1. The molecule has 0 atom stereocenters. The number of amides is 1. The normalized spacial score (nSPS) is 20.8. The Morgan fingerprint density at radius 2 is 2.12 bits per heavy atom. The lowest BCUT2D eigenvalue weighted by molar-refractivity contribution is -0.120. The number of carbonyl (C=O) groups excluding carboxylic acids is 1. The van der Waals surface area contributed by atoms with Crippen LogP contribution >= 0.6 is 12.2 Å². The molecule has 0 saturated carbocycles. The second-order valence-corrected chi connectivity index (χ2v) is 5.76. The number of aromatic nitrogens is 1. The molecular weight excluding hydrogens is 339 g/mol. The summed E-state index contributed by atoms with van der Waals surface area (Å²) in [7, 11) is 0. The molecule has 1 amide bonds. The van der Waals surface area contributed by atoms with Crippen molar-refractivity contribution in [3.8, 4) is 0 Å². The number of benzene rings is 1. The zero-order valence-corrected chi connectivity index (χ0v) is 13.8. The third kappa shape index (κ3) is 2.65. The highest BCUT2D eigenvalue weighted by atomic mass is 32.1. The van der Waals surface area contributed by atoms with E-state index in [0.717, 1.165) is 23.2 Å². The number of hydrogen-bond donors (Lipinski definition) is 0. The third-order valence-electron chi connectivity index (χ3n) is 3.70. The summed E-state index contributed by atoms with van der Waals surface area (Å²) in [4.78, 5) is 22.1. The van der Waals surface area contributed by atoms with Gasteiger partial charge in [0.05, 0.1) is 5.69 Å². The molecule has 0 bridgehead atoms. The fourth-order valence-electron chi connectivity index (χ4n) is 2.53. The number of pyridine rings is 1. The number of carbonyl (C=O) groups is 1. The summed E-state index contributed by atoms with van der Waals surface area (Å²) in [5, 5.41) is -0.459. The fraction of sp³-hybridized carbons (Fsp3) is 0.222. The van der Waals surface area contributed by atoms with Crippen molar-refractivity contribution in [1.29, 1.82) is 0 Å². The molecule has 2 aromatic rings. The number of hydrogen-bond acceptors (Lipinski definition) is 3. The zero-order chi connectivity index (χ0) is 23.4. The van der Waals surface area contributed by atoms with Gasteiger partial charge in [0.25, 0.3) is 11.7 Å². The van der Waals surface area contributed by atoms with Crippen LogP contribution in [-0.4, -0.2) is 21.5 Å². The van der Waals surface area contributed by atoms with Crippen LogP contribution in [0.5, 0.6) is 0 Å². The van der Waals surface area contributed by atoms with E-state index in [1.807, 2.05) is 0 Å². The van der Waals surface area contributed by atoms with Gasteiger partial charge in [-0.3, -0.25) is 9.69 Å². The Hall–Kier alpha value is -2.85. The van der Waals surface area contributed by atoms with Gasteiger partial charge in [0.2, 0.25) is 0 Å². The molecule has 25 heavy (non-hydrogen) atoms. The van der Waals surface area contributed by atoms with Crippen LogP contribution in [0.1, 0.15) is 27.5 Å². The molecule has 7 heteroatoms. The molecule has 0 spiro atoms. The molecule has 1 aliphatic rings. The average molecular weight is 360 g/mol. The SMILES string of the molecule is [2H]C([2H])([2H])C1(C([2H])([2H])[2H])C(=O)N(c2cnc([N+]#[C-])c(C)c2)C(=S)N1c1cccc(F)c1. The van der Waals surface area contributed by atoms with Gasteiger partial charge in [0.1, 0.15) is 17.6 Å². The van der Waals surface area contributed by atoms with Crippen molar-refractivity contribution in [2.45, 2.75) is 26.2 Å². The van der Waals surface area contributed by atoms with Gasteiger partial charge in [0, 0.05) is 13.9 Å². The van der Waals surface area contributed by atoms with Crippen molar-refractivity contribution in [3.63, 3.8) is 0 Å². The lowest BCUT2D eigenvalue weighted by Gasteiger charge is -2.29. The van der Waals surface area contributed by atoms with Crippen molar-refractivity contribution >= 4 is 40.4 Å². The molecule has 1 fully saturated rings. The van der Waals surface area contributed by atoms with Gasteiger partial charge >= 0.3 is 0 Å². The summed E-state index contributed by atoms with van der Waals surface area (Å²) in [6, 6.07) is 5.89. The summed E-state index contributed by atoms with van der Waals surface area (Å²) in [6.45, 7) is 1.90. The summed E-state index contributed by atoms with van der Waals surface area (Å²) in [5.74, 6) is -2.03. The van der Waals surface area contributed by atoms with E-state index in [1.54, 1.807) is 6.92 Å². The Kier molecular flexibility index (Phi) is 2.57. The Morgan fingerprint density at radius 3 is 2.72 bits per heavy atom. The van der Waals surface area contributed by atoms with E-state index >= 15 is 0 Å². The third-order valence-corrected chi connectivity index (χ3v) is 4.06. The minimum Gasteiger partial charge on any atom is -0.360 e. The maximum absolute atomic E-state index is 14.0. The number of anilines is 2. The van der Waals surface area contributed by atoms with Crippen LogP contribution in [0.3, 0.4) is 0 Å². The van der Waals surface area contributed by atoms with Crippen LogP contribution in [-0.2, 0) is 4.79 Å². The Morgan fingerprint density at radius 1 is 1.36 bits per heavy atom. The highest BCUT2D eigenvalue weighted by molar-refractivity contribution is 7.81. The predicted molar refractivity (Wildman–Crippen MR) is 98.3 cm³/mol. The molecule has 1 aromatic carbocycles. The van der Waals surface area contributed by atoms with Gasteiger partial charge in [-0.15, -0.1) is 4.98 Å². The van der Waals surface area contributed by atoms with Crippen LogP contribution in [0, 0.1) is 19.3 Å². The highest BCUT2D eigenvalue weighted by Crippen LogP contribution is 2.37. The molecule has 3 rings (SSSR count). The first-order valence-electron chi connectivity index (χ1n) is 10.1. The van der Waals surface area contributed by atoms with Crippen LogP contribution in [0.2, 0.25) is 0 Å². The monoisotopic (exact) mass is 360 g/mol. The number of halogens is 1. The first-order valence-corrected chi connectivity index (χ1v) is 7.46. The summed E-state index contributed by atoms with van der Waals surface area (Å²) in [6.07, 6.45) is 1.13. The lowest BCUT2D eigenvalue weighted by atomic mass is 10.0. The van der Waals surface area contributed by atoms with Crippen molar-refractivity contribution in [2.24, 2.45) is 0 Å². The minimum atomic E-state index is -3.38. The summed E-state index contributed by atoms with van der Waals surface area (Å²) >= 11 is 5.36. The zero-order valence-electron chi connectivity index (χ0n) is 18.9. The molecule has 5 nitrogen and oxygen atoms in total. The maximum atomic E-state index is 14.0. The summed E-state index contributed by atoms with van der Waals surface area (Å²) in [5.41, 5.74) is -2.93. The largest absolute Gasteiger partial charge is 0.360 e.